The molecule has 3 rings (SSSR count). The van der Waals surface area contributed by atoms with Gasteiger partial charge < -0.3 is 15.1 Å². The number of hydrogen-bond acceptors (Lipinski definition) is 5. The molecule has 0 saturated carbocycles. The second-order valence-electron chi connectivity index (χ2n) is 5.97. The van der Waals surface area contributed by atoms with E-state index in [1.54, 1.807) is 6.26 Å². The highest BCUT2D eigenvalue weighted by Gasteiger charge is 2.31. The van der Waals surface area contributed by atoms with Crippen LogP contribution in [0, 0.1) is 12.3 Å². The number of rotatable bonds is 3. The van der Waals surface area contributed by atoms with Crippen molar-refractivity contribution in [3.8, 4) is 11.4 Å². The van der Waals surface area contributed by atoms with Crippen molar-refractivity contribution in [2.75, 3.05) is 24.5 Å². The van der Waals surface area contributed by atoms with Crippen molar-refractivity contribution in [2.45, 2.75) is 26.7 Å². The minimum absolute atomic E-state index is 0.158. The maximum atomic E-state index is 5.89. The topological polar surface area (TPSA) is 84.0 Å². The molecular formula is C14H21N5O. The van der Waals surface area contributed by atoms with E-state index in [9.17, 15) is 0 Å². The third-order valence-electron chi connectivity index (χ3n) is 4.03. The second-order valence-corrected chi connectivity index (χ2v) is 5.97. The summed E-state index contributed by atoms with van der Waals surface area (Å²) in [5.41, 5.74) is 6.98. The van der Waals surface area contributed by atoms with Gasteiger partial charge in [-0.3, -0.25) is 5.10 Å². The molecule has 1 fully saturated rings. The van der Waals surface area contributed by atoms with Crippen LogP contribution in [0.4, 0.5) is 5.95 Å². The summed E-state index contributed by atoms with van der Waals surface area (Å²) >= 11 is 0. The summed E-state index contributed by atoms with van der Waals surface area (Å²) in [6.07, 6.45) is 3.99. The summed E-state index contributed by atoms with van der Waals surface area (Å²) in [6, 6.07) is 1.95. The van der Waals surface area contributed by atoms with E-state index < -0.39 is 0 Å². The smallest absolute Gasteiger partial charge is 0.245 e. The fourth-order valence-electron chi connectivity index (χ4n) is 2.74. The van der Waals surface area contributed by atoms with E-state index >= 15 is 0 Å². The fourth-order valence-corrected chi connectivity index (χ4v) is 2.74. The molecule has 20 heavy (non-hydrogen) atoms. The molecule has 1 aliphatic rings. The first-order valence-corrected chi connectivity index (χ1v) is 7.03. The molecule has 1 saturated heterocycles. The molecule has 0 bridgehead atoms. The normalized spacial score (nSPS) is 23.2. The number of H-pyrrole nitrogens is 1. The van der Waals surface area contributed by atoms with E-state index in [-0.39, 0.29) is 5.41 Å². The van der Waals surface area contributed by atoms with Crippen molar-refractivity contribution in [3.63, 3.8) is 0 Å². The Balaban J connectivity index is 1.80. The minimum atomic E-state index is 0.158. The maximum absolute atomic E-state index is 5.89. The zero-order valence-electron chi connectivity index (χ0n) is 12.0. The molecule has 3 N–H and O–H groups in total. The van der Waals surface area contributed by atoms with Gasteiger partial charge in [0, 0.05) is 13.1 Å². The number of furan rings is 1. The molecule has 3 heterocycles. The van der Waals surface area contributed by atoms with Crippen LogP contribution in [0.5, 0.6) is 0 Å². The lowest BCUT2D eigenvalue weighted by molar-refractivity contribution is 0.270. The van der Waals surface area contributed by atoms with Crippen LogP contribution in [-0.2, 0) is 0 Å². The third kappa shape index (κ3) is 2.43. The van der Waals surface area contributed by atoms with Crippen LogP contribution >= 0.6 is 0 Å². The zero-order chi connectivity index (χ0) is 14.2. The van der Waals surface area contributed by atoms with E-state index in [1.807, 2.05) is 13.0 Å². The fraction of sp³-hybridized carbons (Fsp3) is 0.571. The molecule has 6 nitrogen and oxygen atoms in total. The summed E-state index contributed by atoms with van der Waals surface area (Å²) in [6.45, 7) is 6.73. The molecule has 2 aromatic heterocycles. The number of nitrogens with one attached hydrogen (secondary N) is 1. The van der Waals surface area contributed by atoms with Crippen LogP contribution in [0.3, 0.4) is 0 Å². The molecule has 0 spiro atoms. The Morgan fingerprint density at radius 1 is 1.55 bits per heavy atom. The van der Waals surface area contributed by atoms with Crippen LogP contribution < -0.4 is 10.6 Å². The van der Waals surface area contributed by atoms with Crippen molar-refractivity contribution in [1.29, 1.82) is 0 Å². The molecule has 1 atom stereocenters. The number of nitrogens with zero attached hydrogens (tertiary/aromatic N) is 3. The van der Waals surface area contributed by atoms with E-state index in [4.69, 9.17) is 10.2 Å². The number of hydrogen-bond donors (Lipinski definition) is 2. The lowest BCUT2D eigenvalue weighted by atomic mass is 9.82. The number of aromatic amines is 1. The first-order chi connectivity index (χ1) is 9.59. The number of aromatic nitrogens is 3. The van der Waals surface area contributed by atoms with Gasteiger partial charge in [0.05, 0.1) is 5.56 Å². The molecule has 6 heteroatoms. The third-order valence-corrected chi connectivity index (χ3v) is 4.03. The maximum Gasteiger partial charge on any atom is 0.245 e. The summed E-state index contributed by atoms with van der Waals surface area (Å²) in [5, 5.41) is 7.32. The molecule has 1 unspecified atom stereocenters. The SMILES string of the molecule is Cc1cc(-c2nc(N3CCCC(C)(CN)C3)n[nH]2)co1. The predicted molar refractivity (Wildman–Crippen MR) is 77.4 cm³/mol. The predicted octanol–water partition coefficient (Wildman–Crippen LogP) is 1.94. The second kappa shape index (κ2) is 4.94. The zero-order valence-corrected chi connectivity index (χ0v) is 12.0. The van der Waals surface area contributed by atoms with E-state index in [1.165, 1.54) is 0 Å². The number of nitrogens with two attached hydrogens (primary N) is 1. The van der Waals surface area contributed by atoms with Crippen LogP contribution in [0.15, 0.2) is 16.7 Å². The van der Waals surface area contributed by atoms with Gasteiger partial charge in [-0.1, -0.05) is 6.92 Å². The van der Waals surface area contributed by atoms with Crippen molar-refractivity contribution >= 4 is 5.95 Å². The van der Waals surface area contributed by atoms with Gasteiger partial charge >= 0.3 is 0 Å². The highest BCUT2D eigenvalue weighted by Crippen LogP contribution is 2.30. The van der Waals surface area contributed by atoms with Crippen LogP contribution in [0.25, 0.3) is 11.4 Å². The van der Waals surface area contributed by atoms with Gasteiger partial charge in [0.1, 0.15) is 12.0 Å². The Kier molecular flexibility index (Phi) is 3.25. The van der Waals surface area contributed by atoms with E-state index in [0.29, 0.717) is 6.54 Å². The summed E-state index contributed by atoms with van der Waals surface area (Å²) in [5.74, 6) is 2.36. The van der Waals surface area contributed by atoms with Gasteiger partial charge in [-0.15, -0.1) is 5.10 Å². The van der Waals surface area contributed by atoms with Crippen LogP contribution in [0.1, 0.15) is 25.5 Å². The standard InChI is InChI=1S/C14H21N5O/c1-10-6-11(7-20-10)12-16-13(18-17-12)19-5-3-4-14(2,8-15)9-19/h6-7H,3-5,8-9,15H2,1-2H3,(H,16,17,18). The quantitative estimate of drug-likeness (QED) is 0.894. The first kappa shape index (κ1) is 13.2. The van der Waals surface area contributed by atoms with Crippen LogP contribution in [0.2, 0.25) is 0 Å². The molecule has 0 aromatic carbocycles. The Labute approximate surface area is 118 Å². The molecule has 0 amide bonds. The molecule has 0 radical (unpaired) electrons. The van der Waals surface area contributed by atoms with Crippen molar-refractivity contribution in [3.05, 3.63) is 18.1 Å². The summed E-state index contributed by atoms with van der Waals surface area (Å²) in [7, 11) is 0. The monoisotopic (exact) mass is 275 g/mol. The first-order valence-electron chi connectivity index (χ1n) is 7.03. The average molecular weight is 275 g/mol. The molecule has 0 aliphatic carbocycles. The average Bonchev–Trinajstić information content (AvgIpc) is 3.07. The Bertz CT molecular complexity index is 590. The largest absolute Gasteiger partial charge is 0.469 e. The summed E-state index contributed by atoms with van der Waals surface area (Å²) in [4.78, 5) is 6.79. The van der Waals surface area contributed by atoms with Gasteiger partial charge in [0.2, 0.25) is 5.95 Å². The number of aryl methyl sites for hydroxylation is 1. The Morgan fingerprint density at radius 2 is 2.40 bits per heavy atom. The Morgan fingerprint density at radius 3 is 3.10 bits per heavy atom. The highest BCUT2D eigenvalue weighted by atomic mass is 16.3. The van der Waals surface area contributed by atoms with Crippen LogP contribution in [-0.4, -0.2) is 34.8 Å². The lowest BCUT2D eigenvalue weighted by Gasteiger charge is -2.39. The van der Waals surface area contributed by atoms with Crippen molar-refractivity contribution < 1.29 is 4.42 Å². The lowest BCUT2D eigenvalue weighted by Crippen LogP contribution is -2.46. The van der Waals surface area contributed by atoms with Crippen molar-refractivity contribution in [2.24, 2.45) is 11.1 Å². The van der Waals surface area contributed by atoms with E-state index in [0.717, 1.165) is 49.0 Å². The molecule has 108 valence electrons. The number of piperidine rings is 1. The minimum Gasteiger partial charge on any atom is -0.469 e. The Hall–Kier alpha value is -1.82. The number of anilines is 1. The molecular weight excluding hydrogens is 254 g/mol. The van der Waals surface area contributed by atoms with Gasteiger partial charge in [-0.25, -0.2) is 0 Å². The summed E-state index contributed by atoms with van der Waals surface area (Å²) < 4.78 is 5.31. The molecule has 1 aliphatic heterocycles. The highest BCUT2D eigenvalue weighted by molar-refractivity contribution is 5.55. The van der Waals surface area contributed by atoms with E-state index in [2.05, 4.69) is 27.0 Å². The van der Waals surface area contributed by atoms with Crippen molar-refractivity contribution in [1.82, 2.24) is 15.2 Å². The van der Waals surface area contributed by atoms with Gasteiger partial charge in [0.25, 0.3) is 0 Å². The van der Waals surface area contributed by atoms with Gasteiger partial charge in [-0.2, -0.15) is 4.98 Å². The van der Waals surface area contributed by atoms with Gasteiger partial charge in [-0.05, 0) is 37.8 Å². The molecule has 2 aromatic rings. The van der Waals surface area contributed by atoms with Gasteiger partial charge in [0.15, 0.2) is 5.82 Å².